The van der Waals surface area contributed by atoms with E-state index in [0.717, 1.165) is 26.1 Å². The molecule has 3 nitrogen and oxygen atoms in total. The molecule has 1 aliphatic heterocycles. The van der Waals surface area contributed by atoms with Gasteiger partial charge in [-0.15, -0.1) is 11.3 Å². The van der Waals surface area contributed by atoms with Crippen molar-refractivity contribution in [1.82, 2.24) is 10.2 Å². The van der Waals surface area contributed by atoms with Gasteiger partial charge in [0.05, 0.1) is 6.04 Å². The first-order valence-corrected chi connectivity index (χ1v) is 7.61. The molecule has 0 aliphatic carbocycles. The summed E-state index contributed by atoms with van der Waals surface area (Å²) >= 11 is 1.76. The Morgan fingerprint density at radius 2 is 2.26 bits per heavy atom. The van der Waals surface area contributed by atoms with Crippen molar-refractivity contribution in [3.05, 3.63) is 35.2 Å². The number of nitrogens with zero attached hydrogens (tertiary/aromatic N) is 1. The number of thiophene rings is 1. The molecule has 1 aliphatic rings. The maximum absolute atomic E-state index is 12.3. The van der Waals surface area contributed by atoms with E-state index in [1.54, 1.807) is 11.3 Å². The minimum atomic E-state index is -0.0626. The Balaban J connectivity index is 1.85. The van der Waals surface area contributed by atoms with Crippen molar-refractivity contribution in [2.75, 3.05) is 13.1 Å². The lowest BCUT2D eigenvalue weighted by molar-refractivity contribution is -0.132. The summed E-state index contributed by atoms with van der Waals surface area (Å²) in [6, 6.07) is 8.34. The van der Waals surface area contributed by atoms with E-state index in [9.17, 15) is 4.79 Å². The molecule has 1 unspecified atom stereocenters. The molecule has 1 fully saturated rings. The van der Waals surface area contributed by atoms with E-state index < -0.39 is 0 Å². The lowest BCUT2D eigenvalue weighted by Crippen LogP contribution is -2.41. The molecule has 19 heavy (non-hydrogen) atoms. The van der Waals surface area contributed by atoms with Gasteiger partial charge in [-0.2, -0.15) is 0 Å². The van der Waals surface area contributed by atoms with Crippen LogP contribution in [0.5, 0.6) is 0 Å². The SMILES string of the molecule is CC1NCCCN(Cc2csc3ccccc23)C1=O. The minimum Gasteiger partial charge on any atom is -0.337 e. The first-order chi connectivity index (χ1) is 9.25. The molecule has 0 saturated carbocycles. The van der Waals surface area contributed by atoms with E-state index >= 15 is 0 Å². The van der Waals surface area contributed by atoms with Gasteiger partial charge in [0.15, 0.2) is 0 Å². The molecule has 1 atom stereocenters. The second-order valence-corrected chi connectivity index (χ2v) is 5.96. The summed E-state index contributed by atoms with van der Waals surface area (Å²) in [7, 11) is 0. The zero-order valence-electron chi connectivity index (χ0n) is 11.1. The Labute approximate surface area is 117 Å². The average Bonchev–Trinajstić information content (AvgIpc) is 2.77. The molecule has 1 amide bonds. The monoisotopic (exact) mass is 274 g/mol. The number of nitrogens with one attached hydrogen (secondary N) is 1. The summed E-state index contributed by atoms with van der Waals surface area (Å²) in [6.45, 7) is 4.45. The van der Waals surface area contributed by atoms with Gasteiger partial charge < -0.3 is 10.2 Å². The van der Waals surface area contributed by atoms with Crippen LogP contribution in [-0.2, 0) is 11.3 Å². The predicted octanol–water partition coefficient (Wildman–Crippen LogP) is 2.61. The van der Waals surface area contributed by atoms with Gasteiger partial charge in [-0.1, -0.05) is 18.2 Å². The summed E-state index contributed by atoms with van der Waals surface area (Å²) in [6.07, 6.45) is 1.03. The Morgan fingerprint density at radius 3 is 3.16 bits per heavy atom. The van der Waals surface area contributed by atoms with Crippen molar-refractivity contribution in [2.45, 2.75) is 25.9 Å². The molecule has 100 valence electrons. The van der Waals surface area contributed by atoms with Crippen molar-refractivity contribution in [2.24, 2.45) is 0 Å². The largest absolute Gasteiger partial charge is 0.337 e. The van der Waals surface area contributed by atoms with E-state index in [2.05, 4.69) is 35.0 Å². The van der Waals surface area contributed by atoms with Crippen LogP contribution in [-0.4, -0.2) is 29.9 Å². The minimum absolute atomic E-state index is 0.0626. The number of hydrogen-bond acceptors (Lipinski definition) is 3. The van der Waals surface area contributed by atoms with Crippen LogP contribution in [0.15, 0.2) is 29.6 Å². The highest BCUT2D eigenvalue weighted by Gasteiger charge is 2.23. The van der Waals surface area contributed by atoms with Gasteiger partial charge in [0.2, 0.25) is 5.91 Å². The van der Waals surface area contributed by atoms with Crippen LogP contribution in [0.25, 0.3) is 10.1 Å². The predicted molar refractivity (Wildman–Crippen MR) is 79.3 cm³/mol. The Kier molecular flexibility index (Phi) is 3.53. The van der Waals surface area contributed by atoms with Crippen molar-refractivity contribution < 1.29 is 4.79 Å². The Morgan fingerprint density at radius 1 is 1.42 bits per heavy atom. The summed E-state index contributed by atoms with van der Waals surface area (Å²) in [5.74, 6) is 0.216. The van der Waals surface area contributed by atoms with Crippen molar-refractivity contribution >= 4 is 27.3 Å². The third-order valence-electron chi connectivity index (χ3n) is 3.66. The van der Waals surface area contributed by atoms with Gasteiger partial charge in [0.25, 0.3) is 0 Å². The lowest BCUT2D eigenvalue weighted by atomic mass is 10.1. The summed E-state index contributed by atoms with van der Waals surface area (Å²) < 4.78 is 1.30. The standard InChI is InChI=1S/C15H18N2OS/c1-11-15(18)17(8-4-7-16-11)9-12-10-19-14-6-3-2-5-13(12)14/h2-3,5-6,10-11,16H,4,7-9H2,1H3. The van der Waals surface area contributed by atoms with Crippen LogP contribution in [0.1, 0.15) is 18.9 Å². The van der Waals surface area contributed by atoms with Gasteiger partial charge >= 0.3 is 0 Å². The number of amides is 1. The van der Waals surface area contributed by atoms with Gasteiger partial charge in [0.1, 0.15) is 0 Å². The highest BCUT2D eigenvalue weighted by atomic mass is 32.1. The maximum atomic E-state index is 12.3. The molecule has 1 aromatic heterocycles. The smallest absolute Gasteiger partial charge is 0.239 e. The van der Waals surface area contributed by atoms with Crippen LogP contribution in [0.4, 0.5) is 0 Å². The maximum Gasteiger partial charge on any atom is 0.239 e. The number of benzene rings is 1. The fourth-order valence-corrected chi connectivity index (χ4v) is 3.53. The zero-order chi connectivity index (χ0) is 13.2. The molecule has 0 bridgehead atoms. The number of fused-ring (bicyclic) bond motifs is 1. The topological polar surface area (TPSA) is 32.3 Å². The third kappa shape index (κ3) is 2.51. The quantitative estimate of drug-likeness (QED) is 0.913. The fourth-order valence-electron chi connectivity index (χ4n) is 2.58. The lowest BCUT2D eigenvalue weighted by Gasteiger charge is -2.22. The van der Waals surface area contributed by atoms with Gasteiger partial charge in [-0.05, 0) is 42.3 Å². The van der Waals surface area contributed by atoms with E-state index in [1.165, 1.54) is 15.6 Å². The third-order valence-corrected chi connectivity index (χ3v) is 4.67. The number of carbonyl (C=O) groups is 1. The molecular weight excluding hydrogens is 256 g/mol. The molecular formula is C15H18N2OS. The molecule has 1 saturated heterocycles. The average molecular weight is 274 g/mol. The normalized spacial score (nSPS) is 20.8. The number of rotatable bonds is 2. The molecule has 3 rings (SSSR count). The summed E-state index contributed by atoms with van der Waals surface area (Å²) in [5.41, 5.74) is 1.27. The van der Waals surface area contributed by atoms with Crippen LogP contribution in [0, 0.1) is 0 Å². The van der Waals surface area contributed by atoms with Gasteiger partial charge in [-0.3, -0.25) is 4.79 Å². The van der Waals surface area contributed by atoms with E-state index in [-0.39, 0.29) is 11.9 Å². The second-order valence-electron chi connectivity index (χ2n) is 5.05. The first-order valence-electron chi connectivity index (χ1n) is 6.73. The Bertz CT molecular complexity index is 593. The van der Waals surface area contributed by atoms with Crippen LogP contribution in [0.3, 0.4) is 0 Å². The van der Waals surface area contributed by atoms with Crippen molar-refractivity contribution in [3.63, 3.8) is 0 Å². The molecule has 2 aromatic rings. The zero-order valence-corrected chi connectivity index (χ0v) is 11.9. The van der Waals surface area contributed by atoms with Crippen LogP contribution in [0.2, 0.25) is 0 Å². The first kappa shape index (κ1) is 12.6. The van der Waals surface area contributed by atoms with Crippen molar-refractivity contribution in [3.8, 4) is 0 Å². The molecule has 2 heterocycles. The fraction of sp³-hybridized carbons (Fsp3) is 0.400. The number of carbonyl (C=O) groups excluding carboxylic acids is 1. The van der Waals surface area contributed by atoms with Crippen LogP contribution >= 0.6 is 11.3 Å². The molecule has 4 heteroatoms. The summed E-state index contributed by atoms with van der Waals surface area (Å²) in [4.78, 5) is 14.3. The Hall–Kier alpha value is -1.39. The highest BCUT2D eigenvalue weighted by Crippen LogP contribution is 2.27. The van der Waals surface area contributed by atoms with Gasteiger partial charge in [0, 0.05) is 17.8 Å². The molecule has 1 N–H and O–H groups in total. The highest BCUT2D eigenvalue weighted by molar-refractivity contribution is 7.17. The molecule has 1 aromatic carbocycles. The van der Waals surface area contributed by atoms with Gasteiger partial charge in [-0.25, -0.2) is 0 Å². The van der Waals surface area contributed by atoms with E-state index in [0.29, 0.717) is 0 Å². The molecule has 0 radical (unpaired) electrons. The second kappa shape index (κ2) is 5.31. The number of hydrogen-bond donors (Lipinski definition) is 1. The van der Waals surface area contributed by atoms with E-state index in [1.807, 2.05) is 11.8 Å². The van der Waals surface area contributed by atoms with Crippen molar-refractivity contribution in [1.29, 1.82) is 0 Å². The van der Waals surface area contributed by atoms with E-state index in [4.69, 9.17) is 0 Å². The molecule has 0 spiro atoms. The summed E-state index contributed by atoms with van der Waals surface area (Å²) in [5, 5.41) is 6.72. The van der Waals surface area contributed by atoms with Crippen LogP contribution < -0.4 is 5.32 Å².